The molecule has 2 aromatic rings. The zero-order chi connectivity index (χ0) is 21.1. The zero-order valence-corrected chi connectivity index (χ0v) is 17.7. The molecular formula is C21H26F2N2O4S. The van der Waals surface area contributed by atoms with Crippen LogP contribution in [0.15, 0.2) is 10.9 Å². The van der Waals surface area contributed by atoms with Crippen molar-refractivity contribution in [3.63, 3.8) is 0 Å². The quantitative estimate of drug-likeness (QED) is 0.737. The van der Waals surface area contributed by atoms with Gasteiger partial charge in [-0.05, 0) is 38.5 Å². The van der Waals surface area contributed by atoms with Gasteiger partial charge in [-0.2, -0.15) is 16.2 Å². The molecule has 4 rings (SSSR count). The number of nitrogens with one attached hydrogen (secondary N) is 1. The van der Waals surface area contributed by atoms with Gasteiger partial charge >= 0.3 is 0 Å². The fraction of sp³-hybridized carbons (Fsp3) is 0.619. The van der Waals surface area contributed by atoms with Crippen LogP contribution >= 0.6 is 11.8 Å². The predicted molar refractivity (Wildman–Crippen MR) is 111 cm³/mol. The second-order valence-corrected chi connectivity index (χ2v) is 9.09. The monoisotopic (exact) mass is 440 g/mol. The first-order chi connectivity index (χ1) is 14.5. The zero-order valence-electron chi connectivity index (χ0n) is 16.9. The van der Waals surface area contributed by atoms with E-state index in [2.05, 4.69) is 9.97 Å². The van der Waals surface area contributed by atoms with Gasteiger partial charge < -0.3 is 19.2 Å². The Labute approximate surface area is 177 Å². The molecule has 0 radical (unpaired) electrons. The lowest BCUT2D eigenvalue weighted by molar-refractivity contribution is 0.0227. The third-order valence-corrected chi connectivity index (χ3v) is 7.14. The first-order valence-corrected chi connectivity index (χ1v) is 11.4. The first kappa shape index (κ1) is 21.5. The number of H-pyrrole nitrogens is 1. The average Bonchev–Trinajstić information content (AvgIpc) is 2.76. The number of ether oxygens (including phenoxy) is 3. The molecule has 30 heavy (non-hydrogen) atoms. The molecule has 1 atom stereocenters. The molecule has 1 aromatic heterocycles. The Kier molecular flexibility index (Phi) is 6.90. The summed E-state index contributed by atoms with van der Waals surface area (Å²) in [5.74, 6) is -1.45. The van der Waals surface area contributed by atoms with Crippen molar-refractivity contribution in [2.24, 2.45) is 5.92 Å². The number of rotatable bonds is 6. The molecule has 164 valence electrons. The molecule has 0 spiro atoms. The highest BCUT2D eigenvalue weighted by molar-refractivity contribution is 7.99. The number of fused-ring (bicyclic) bond motifs is 1. The summed E-state index contributed by atoms with van der Waals surface area (Å²) in [6, 6.07) is 1.33. The third-order valence-electron chi connectivity index (χ3n) is 5.76. The van der Waals surface area contributed by atoms with Crippen LogP contribution in [0.4, 0.5) is 8.78 Å². The van der Waals surface area contributed by atoms with E-state index in [1.165, 1.54) is 6.07 Å². The van der Waals surface area contributed by atoms with E-state index in [1.807, 2.05) is 6.92 Å². The minimum absolute atomic E-state index is 0.106. The standard InChI is InChI=1S/C21H26F2N2O4S/c1-12(13-2-6-27-7-3-13)29-16-10-15-18(20(23)19(16)22)21(26)25-17(24-15)11-30-14-4-8-28-9-5-14/h10,12-14H,2-9,11H2,1H3,(H,24,25,26). The fourth-order valence-electron chi connectivity index (χ4n) is 3.94. The van der Waals surface area contributed by atoms with E-state index in [0.717, 1.165) is 38.9 Å². The molecule has 2 aliphatic rings. The highest BCUT2D eigenvalue weighted by atomic mass is 32.2. The van der Waals surface area contributed by atoms with Crippen molar-refractivity contribution in [2.45, 2.75) is 49.7 Å². The molecule has 6 nitrogen and oxygen atoms in total. The SMILES string of the molecule is CC(Oc1cc2nc(CSC3CCOCC3)[nH]c(=O)c2c(F)c1F)C1CCOCC1. The second kappa shape index (κ2) is 9.62. The summed E-state index contributed by atoms with van der Waals surface area (Å²) in [7, 11) is 0. The molecule has 0 amide bonds. The Balaban J connectivity index is 1.57. The topological polar surface area (TPSA) is 73.4 Å². The average molecular weight is 441 g/mol. The molecule has 2 aliphatic heterocycles. The lowest BCUT2D eigenvalue weighted by Gasteiger charge is -2.28. The summed E-state index contributed by atoms with van der Waals surface area (Å²) in [6.45, 7) is 4.58. The number of hydrogen-bond donors (Lipinski definition) is 1. The van der Waals surface area contributed by atoms with E-state index in [4.69, 9.17) is 14.2 Å². The van der Waals surface area contributed by atoms with Gasteiger partial charge in [0.05, 0.1) is 17.4 Å². The summed E-state index contributed by atoms with van der Waals surface area (Å²) >= 11 is 1.69. The Morgan fingerprint density at radius 2 is 1.83 bits per heavy atom. The summed E-state index contributed by atoms with van der Waals surface area (Å²) in [6.07, 6.45) is 3.22. The van der Waals surface area contributed by atoms with Crippen LogP contribution < -0.4 is 10.3 Å². The van der Waals surface area contributed by atoms with E-state index in [-0.39, 0.29) is 28.7 Å². The molecule has 1 unspecified atom stereocenters. The van der Waals surface area contributed by atoms with Gasteiger partial charge in [0.15, 0.2) is 11.6 Å². The van der Waals surface area contributed by atoms with E-state index in [9.17, 15) is 13.6 Å². The van der Waals surface area contributed by atoms with Crippen LogP contribution in [-0.4, -0.2) is 47.7 Å². The van der Waals surface area contributed by atoms with E-state index < -0.39 is 17.2 Å². The number of thioether (sulfide) groups is 1. The van der Waals surface area contributed by atoms with Crippen LogP contribution in [-0.2, 0) is 15.2 Å². The van der Waals surface area contributed by atoms with Crippen molar-refractivity contribution in [3.8, 4) is 5.75 Å². The molecule has 0 saturated carbocycles. The largest absolute Gasteiger partial charge is 0.487 e. The number of benzene rings is 1. The molecule has 3 heterocycles. The smallest absolute Gasteiger partial charge is 0.261 e. The van der Waals surface area contributed by atoms with Gasteiger partial charge in [-0.1, -0.05) is 0 Å². The van der Waals surface area contributed by atoms with Crippen molar-refractivity contribution >= 4 is 22.7 Å². The normalized spacial score (nSPS) is 19.8. The van der Waals surface area contributed by atoms with Gasteiger partial charge in [-0.3, -0.25) is 4.79 Å². The van der Waals surface area contributed by atoms with Crippen LogP contribution in [0.2, 0.25) is 0 Å². The molecule has 2 fully saturated rings. The fourth-order valence-corrected chi connectivity index (χ4v) is 4.99. The third kappa shape index (κ3) is 4.78. The van der Waals surface area contributed by atoms with E-state index in [1.54, 1.807) is 11.8 Å². The number of nitrogens with zero attached hydrogens (tertiary/aromatic N) is 1. The van der Waals surface area contributed by atoms with Gasteiger partial charge in [0.1, 0.15) is 11.2 Å². The minimum Gasteiger partial charge on any atom is -0.487 e. The number of hydrogen-bond acceptors (Lipinski definition) is 6. The number of aromatic amines is 1. The van der Waals surface area contributed by atoms with Gasteiger partial charge in [0.25, 0.3) is 5.56 Å². The maximum atomic E-state index is 14.7. The molecular weight excluding hydrogens is 414 g/mol. The summed E-state index contributed by atoms with van der Waals surface area (Å²) in [5, 5.41) is 0.0577. The van der Waals surface area contributed by atoms with Gasteiger partial charge in [-0.25, -0.2) is 9.37 Å². The van der Waals surface area contributed by atoms with Crippen LogP contribution in [0.1, 0.15) is 38.4 Å². The van der Waals surface area contributed by atoms with Crippen LogP contribution in [0.5, 0.6) is 5.75 Å². The van der Waals surface area contributed by atoms with Crippen molar-refractivity contribution in [1.29, 1.82) is 0 Å². The lowest BCUT2D eigenvalue weighted by atomic mass is 9.95. The van der Waals surface area contributed by atoms with Gasteiger partial charge in [0.2, 0.25) is 5.82 Å². The predicted octanol–water partition coefficient (Wildman–Crippen LogP) is 3.81. The number of halogens is 2. The molecule has 0 bridgehead atoms. The minimum atomic E-state index is -1.22. The highest BCUT2D eigenvalue weighted by Crippen LogP contribution is 2.30. The summed E-state index contributed by atoms with van der Waals surface area (Å²) in [4.78, 5) is 19.4. The van der Waals surface area contributed by atoms with Crippen LogP contribution in [0.25, 0.3) is 10.9 Å². The van der Waals surface area contributed by atoms with Crippen LogP contribution in [0.3, 0.4) is 0 Å². The van der Waals surface area contributed by atoms with E-state index in [0.29, 0.717) is 30.0 Å². The van der Waals surface area contributed by atoms with Crippen molar-refractivity contribution in [1.82, 2.24) is 9.97 Å². The second-order valence-electron chi connectivity index (χ2n) is 7.80. The first-order valence-electron chi connectivity index (χ1n) is 10.4. The lowest BCUT2D eigenvalue weighted by Crippen LogP contribution is -2.29. The Morgan fingerprint density at radius 3 is 2.53 bits per heavy atom. The van der Waals surface area contributed by atoms with Gasteiger partial charge in [-0.15, -0.1) is 0 Å². The maximum absolute atomic E-state index is 14.7. The molecule has 1 aromatic carbocycles. The molecule has 2 saturated heterocycles. The van der Waals surface area contributed by atoms with Crippen LogP contribution in [0, 0.1) is 17.6 Å². The Morgan fingerprint density at radius 1 is 1.17 bits per heavy atom. The highest BCUT2D eigenvalue weighted by Gasteiger charge is 2.25. The van der Waals surface area contributed by atoms with Gasteiger partial charge in [0, 0.05) is 37.7 Å². The summed E-state index contributed by atoms with van der Waals surface area (Å²) < 4.78 is 45.7. The van der Waals surface area contributed by atoms with E-state index >= 15 is 0 Å². The van der Waals surface area contributed by atoms with Crippen molar-refractivity contribution in [2.75, 3.05) is 26.4 Å². The van der Waals surface area contributed by atoms with Crippen molar-refractivity contribution < 1.29 is 23.0 Å². The molecule has 1 N–H and O–H groups in total. The maximum Gasteiger partial charge on any atom is 0.261 e. The molecule has 0 aliphatic carbocycles. The molecule has 9 heteroatoms. The summed E-state index contributed by atoms with van der Waals surface area (Å²) in [5.41, 5.74) is -0.572. The van der Waals surface area contributed by atoms with Crippen molar-refractivity contribution in [3.05, 3.63) is 33.9 Å². The Hall–Kier alpha value is -1.71. The number of aromatic nitrogens is 2. The Bertz CT molecular complexity index is 943.